The first-order valence-corrected chi connectivity index (χ1v) is 11.9. The molecule has 2 N–H and O–H groups in total. The van der Waals surface area contributed by atoms with E-state index in [2.05, 4.69) is 26.3 Å². The van der Waals surface area contributed by atoms with Crippen LogP contribution in [-0.4, -0.2) is 60.4 Å². The number of morpholine rings is 1. The highest BCUT2D eigenvalue weighted by Crippen LogP contribution is 2.34. The number of aromatic nitrogens is 2. The van der Waals surface area contributed by atoms with Crippen LogP contribution >= 0.6 is 0 Å². The summed E-state index contributed by atoms with van der Waals surface area (Å²) in [5.74, 6) is 1.56. The van der Waals surface area contributed by atoms with Crippen molar-refractivity contribution in [2.75, 3.05) is 44.3 Å². The van der Waals surface area contributed by atoms with Gasteiger partial charge in [-0.3, -0.25) is 4.79 Å². The summed E-state index contributed by atoms with van der Waals surface area (Å²) in [7, 11) is 0. The molecule has 2 heterocycles. The zero-order chi connectivity index (χ0) is 25.3. The third-order valence-electron chi connectivity index (χ3n) is 5.83. The number of carbonyl (C=O) groups is 1. The number of benzene rings is 2. The minimum absolute atomic E-state index is 0.111. The molecule has 186 valence electrons. The minimum Gasteiger partial charge on any atom is -0.481 e. The lowest BCUT2D eigenvalue weighted by atomic mass is 10.0. The van der Waals surface area contributed by atoms with Gasteiger partial charge in [0.05, 0.1) is 31.3 Å². The Morgan fingerprint density at radius 2 is 1.92 bits per heavy atom. The number of ether oxygens (including phenoxy) is 2. The Labute approximate surface area is 210 Å². The van der Waals surface area contributed by atoms with Gasteiger partial charge in [0.1, 0.15) is 17.4 Å². The van der Waals surface area contributed by atoms with Crippen LogP contribution in [0.15, 0.2) is 48.5 Å². The van der Waals surface area contributed by atoms with Crippen LogP contribution in [0.3, 0.4) is 0 Å². The smallest absolute Gasteiger partial charge is 0.304 e. The number of hydrogen-bond acceptors (Lipinski definition) is 8. The number of nitrogens with zero attached hydrogens (tertiary/aromatic N) is 4. The summed E-state index contributed by atoms with van der Waals surface area (Å²) in [6, 6.07) is 17.5. The van der Waals surface area contributed by atoms with Crippen molar-refractivity contribution < 1.29 is 19.4 Å². The van der Waals surface area contributed by atoms with Crippen LogP contribution in [-0.2, 0) is 16.0 Å². The van der Waals surface area contributed by atoms with Gasteiger partial charge in [0.15, 0.2) is 0 Å². The van der Waals surface area contributed by atoms with Crippen LogP contribution in [0.5, 0.6) is 11.6 Å². The average Bonchev–Trinajstić information content (AvgIpc) is 2.89. The Morgan fingerprint density at radius 1 is 1.14 bits per heavy atom. The Morgan fingerprint density at radius 3 is 2.64 bits per heavy atom. The van der Waals surface area contributed by atoms with E-state index in [-0.39, 0.29) is 6.42 Å². The van der Waals surface area contributed by atoms with Crippen LogP contribution in [0, 0.1) is 18.3 Å². The lowest BCUT2D eigenvalue weighted by molar-refractivity contribution is -0.136. The number of carboxylic acids is 1. The van der Waals surface area contributed by atoms with Gasteiger partial charge >= 0.3 is 5.97 Å². The summed E-state index contributed by atoms with van der Waals surface area (Å²) in [4.78, 5) is 21.8. The number of nitrogens with one attached hydrogen (secondary N) is 1. The molecule has 0 unspecified atom stereocenters. The number of aryl methyl sites for hydroxylation is 1. The summed E-state index contributed by atoms with van der Waals surface area (Å²) in [5, 5.41) is 21.3. The van der Waals surface area contributed by atoms with E-state index in [0.717, 1.165) is 42.0 Å². The molecule has 4 rings (SSSR count). The van der Waals surface area contributed by atoms with Gasteiger partial charge in [-0.25, -0.2) is 4.98 Å². The van der Waals surface area contributed by atoms with Crippen LogP contribution in [0.4, 0.5) is 5.82 Å². The molecule has 0 spiro atoms. The monoisotopic (exact) mass is 487 g/mol. The maximum atomic E-state index is 10.6. The van der Waals surface area contributed by atoms with Crippen molar-refractivity contribution in [3.8, 4) is 28.8 Å². The number of aliphatic carboxylic acids is 1. The molecular formula is C27H29N5O4. The molecule has 0 bridgehead atoms. The molecule has 0 saturated carbocycles. The number of hydrogen-bond donors (Lipinski definition) is 2. The first-order chi connectivity index (χ1) is 17.5. The van der Waals surface area contributed by atoms with E-state index < -0.39 is 5.97 Å². The summed E-state index contributed by atoms with van der Waals surface area (Å²) in [5.41, 5.74) is 3.44. The zero-order valence-corrected chi connectivity index (χ0v) is 20.2. The van der Waals surface area contributed by atoms with E-state index in [4.69, 9.17) is 14.6 Å². The summed E-state index contributed by atoms with van der Waals surface area (Å²) in [6.07, 6.45) is 0.904. The molecule has 1 aromatic heterocycles. The van der Waals surface area contributed by atoms with Gasteiger partial charge in [-0.2, -0.15) is 10.2 Å². The number of anilines is 1. The molecule has 1 saturated heterocycles. The van der Waals surface area contributed by atoms with Gasteiger partial charge in [-0.05, 0) is 49.2 Å². The highest BCUT2D eigenvalue weighted by Gasteiger charge is 2.16. The Bertz CT molecular complexity index is 1230. The first kappa shape index (κ1) is 25.1. The first-order valence-electron chi connectivity index (χ1n) is 11.9. The third kappa shape index (κ3) is 6.78. The van der Waals surface area contributed by atoms with E-state index in [1.165, 1.54) is 0 Å². The second-order valence-corrected chi connectivity index (χ2v) is 8.48. The predicted molar refractivity (Wildman–Crippen MR) is 135 cm³/mol. The predicted octanol–water partition coefficient (Wildman–Crippen LogP) is 3.56. The maximum absolute atomic E-state index is 10.6. The standard InChI is InChI=1S/C27H29N5O4/c1-19-30-25(32-12-14-35-15-13-32)17-26(31-19)36-24-16-21(18-28)4-7-23(24)22-5-2-20(3-6-22)8-10-29-11-9-27(33)34/h2-7,16-17,29H,8-15H2,1H3,(H,33,34). The molecule has 2 aromatic carbocycles. The summed E-state index contributed by atoms with van der Waals surface area (Å²) in [6.45, 7) is 5.81. The van der Waals surface area contributed by atoms with Crippen LogP contribution in [0.25, 0.3) is 11.1 Å². The Hall–Kier alpha value is -4.00. The van der Waals surface area contributed by atoms with Gasteiger partial charge in [0.2, 0.25) is 5.88 Å². The fourth-order valence-corrected chi connectivity index (χ4v) is 3.96. The molecule has 3 aromatic rings. The van der Waals surface area contributed by atoms with Crippen molar-refractivity contribution in [3.05, 3.63) is 65.5 Å². The van der Waals surface area contributed by atoms with Crippen LogP contribution in [0.2, 0.25) is 0 Å². The van der Waals surface area contributed by atoms with Crippen molar-refractivity contribution in [1.82, 2.24) is 15.3 Å². The molecule has 9 heteroatoms. The maximum Gasteiger partial charge on any atom is 0.304 e. The molecule has 0 radical (unpaired) electrons. The van der Waals surface area contributed by atoms with E-state index in [1.54, 1.807) is 12.1 Å². The molecule has 9 nitrogen and oxygen atoms in total. The highest BCUT2D eigenvalue weighted by atomic mass is 16.5. The molecule has 1 aliphatic rings. The van der Waals surface area contributed by atoms with Gasteiger partial charge in [-0.15, -0.1) is 0 Å². The van der Waals surface area contributed by atoms with Crippen molar-refractivity contribution in [3.63, 3.8) is 0 Å². The largest absolute Gasteiger partial charge is 0.481 e. The molecule has 1 aliphatic heterocycles. The average molecular weight is 488 g/mol. The van der Waals surface area contributed by atoms with Crippen LogP contribution in [0.1, 0.15) is 23.4 Å². The van der Waals surface area contributed by atoms with Gasteiger partial charge in [0, 0.05) is 31.3 Å². The van der Waals surface area contributed by atoms with E-state index in [9.17, 15) is 10.1 Å². The van der Waals surface area contributed by atoms with E-state index in [1.807, 2.05) is 43.3 Å². The van der Waals surface area contributed by atoms with Gasteiger partial charge in [-0.1, -0.05) is 24.3 Å². The van der Waals surface area contributed by atoms with E-state index >= 15 is 0 Å². The van der Waals surface area contributed by atoms with E-state index in [0.29, 0.717) is 49.3 Å². The minimum atomic E-state index is -0.804. The molecule has 0 amide bonds. The second kappa shape index (κ2) is 12.1. The number of nitriles is 1. The van der Waals surface area contributed by atoms with Crippen molar-refractivity contribution in [1.29, 1.82) is 5.26 Å². The SMILES string of the molecule is Cc1nc(Oc2cc(C#N)ccc2-c2ccc(CCNCCC(=O)O)cc2)cc(N2CCOCC2)n1. The van der Waals surface area contributed by atoms with Crippen molar-refractivity contribution in [2.45, 2.75) is 19.8 Å². The van der Waals surface area contributed by atoms with Crippen LogP contribution < -0.4 is 15.0 Å². The normalized spacial score (nSPS) is 13.3. The lowest BCUT2D eigenvalue weighted by Gasteiger charge is -2.28. The fraction of sp³-hybridized carbons (Fsp3) is 0.333. The Kier molecular flexibility index (Phi) is 8.44. The zero-order valence-electron chi connectivity index (χ0n) is 20.2. The summed E-state index contributed by atoms with van der Waals surface area (Å²) >= 11 is 0. The molecule has 0 aliphatic carbocycles. The summed E-state index contributed by atoms with van der Waals surface area (Å²) < 4.78 is 11.7. The van der Waals surface area contributed by atoms with Crippen molar-refractivity contribution >= 4 is 11.8 Å². The second-order valence-electron chi connectivity index (χ2n) is 8.48. The molecular weight excluding hydrogens is 458 g/mol. The highest BCUT2D eigenvalue weighted by molar-refractivity contribution is 5.72. The topological polar surface area (TPSA) is 121 Å². The molecule has 1 fully saturated rings. The number of carboxylic acid groups (broad SMARTS) is 1. The third-order valence-corrected chi connectivity index (χ3v) is 5.83. The molecule has 36 heavy (non-hydrogen) atoms. The molecule has 0 atom stereocenters. The van der Waals surface area contributed by atoms with Crippen molar-refractivity contribution in [2.24, 2.45) is 0 Å². The Balaban J connectivity index is 1.52. The quantitative estimate of drug-likeness (QED) is 0.414. The fourth-order valence-electron chi connectivity index (χ4n) is 3.96. The van der Waals surface area contributed by atoms with Gasteiger partial charge < -0.3 is 24.8 Å². The lowest BCUT2D eigenvalue weighted by Crippen LogP contribution is -2.36. The van der Waals surface area contributed by atoms with Gasteiger partial charge in [0.25, 0.3) is 0 Å². The number of rotatable bonds is 10.